The monoisotopic (exact) mass is 377 g/mol. The molecule has 0 spiro atoms. The maximum atomic E-state index is 10.6. The Morgan fingerprint density at radius 2 is 1.63 bits per heavy atom. The van der Waals surface area contributed by atoms with Crippen LogP contribution in [-0.4, -0.2) is 28.5 Å². The third kappa shape index (κ3) is 10.6. The fourth-order valence-electron chi connectivity index (χ4n) is 2.97. The Morgan fingerprint density at radius 3 is 2.26 bits per heavy atom. The summed E-state index contributed by atoms with van der Waals surface area (Å²) in [5, 5.41) is 23.0. The Balaban J connectivity index is 2.48. The van der Waals surface area contributed by atoms with Gasteiger partial charge in [-0.1, -0.05) is 75.1 Å². The predicted molar refractivity (Wildman–Crippen MR) is 109 cm³/mol. The topological polar surface area (TPSA) is 79.1 Å². The molecule has 1 aromatic carbocycles. The Morgan fingerprint density at radius 1 is 1.00 bits per heavy atom. The quantitative estimate of drug-likeness (QED) is 0.229. The number of hydrogen-bond donors (Lipinski definition) is 2. The van der Waals surface area contributed by atoms with Crippen LogP contribution in [0.5, 0.6) is 5.75 Å². The van der Waals surface area contributed by atoms with Gasteiger partial charge in [0, 0.05) is 5.56 Å². The van der Waals surface area contributed by atoms with Crippen molar-refractivity contribution in [2.45, 2.75) is 84.5 Å². The zero-order valence-corrected chi connectivity index (χ0v) is 16.9. The lowest BCUT2D eigenvalue weighted by molar-refractivity contribution is -0.138. The average Bonchev–Trinajstić information content (AvgIpc) is 2.64. The van der Waals surface area contributed by atoms with Crippen molar-refractivity contribution in [3.05, 3.63) is 29.3 Å². The third-order valence-corrected chi connectivity index (χ3v) is 4.56. The number of aliphatic carboxylic acids is 1. The summed E-state index contributed by atoms with van der Waals surface area (Å²) in [5.41, 5.74) is 2.39. The van der Waals surface area contributed by atoms with Gasteiger partial charge >= 0.3 is 5.97 Å². The molecule has 0 unspecified atom stereocenters. The van der Waals surface area contributed by atoms with Gasteiger partial charge in [0.05, 0.1) is 12.1 Å². The molecule has 0 atom stereocenters. The minimum Gasteiger partial charge on any atom is -0.507 e. The molecule has 0 fully saturated rings. The van der Waals surface area contributed by atoms with Crippen molar-refractivity contribution in [2.75, 3.05) is 6.61 Å². The van der Waals surface area contributed by atoms with Gasteiger partial charge in [-0.2, -0.15) is 0 Å². The van der Waals surface area contributed by atoms with E-state index in [2.05, 4.69) is 12.1 Å². The molecule has 1 rings (SSSR count). The van der Waals surface area contributed by atoms with Crippen molar-refractivity contribution in [2.24, 2.45) is 5.16 Å². The van der Waals surface area contributed by atoms with Crippen LogP contribution in [0.2, 0.25) is 0 Å². The van der Waals surface area contributed by atoms with E-state index in [1.807, 2.05) is 19.1 Å². The second kappa shape index (κ2) is 14.1. The lowest BCUT2D eigenvalue weighted by atomic mass is 10.00. The van der Waals surface area contributed by atoms with Crippen LogP contribution in [-0.2, 0) is 9.63 Å². The van der Waals surface area contributed by atoms with Gasteiger partial charge in [-0.15, -0.1) is 0 Å². The molecule has 2 N–H and O–H groups in total. The van der Waals surface area contributed by atoms with Crippen LogP contribution in [0.4, 0.5) is 0 Å². The van der Waals surface area contributed by atoms with Gasteiger partial charge in [0.25, 0.3) is 0 Å². The largest absolute Gasteiger partial charge is 0.507 e. The van der Waals surface area contributed by atoms with Gasteiger partial charge in [-0.3, -0.25) is 4.79 Å². The number of phenols is 1. The van der Waals surface area contributed by atoms with E-state index in [0.29, 0.717) is 17.7 Å². The molecule has 1 aromatic rings. The number of hydrogen-bond acceptors (Lipinski definition) is 4. The van der Waals surface area contributed by atoms with Crippen LogP contribution in [0, 0.1) is 6.92 Å². The fourth-order valence-corrected chi connectivity index (χ4v) is 2.97. The van der Waals surface area contributed by atoms with Crippen LogP contribution < -0.4 is 0 Å². The van der Waals surface area contributed by atoms with Crippen LogP contribution in [0.1, 0.15) is 88.7 Å². The number of oxime groups is 1. The van der Waals surface area contributed by atoms with E-state index < -0.39 is 5.97 Å². The Bertz CT molecular complexity index is 584. The number of phenolic OH excluding ortho intramolecular Hbond substituents is 1. The molecule has 27 heavy (non-hydrogen) atoms. The summed E-state index contributed by atoms with van der Waals surface area (Å²) in [7, 11) is 0. The van der Waals surface area contributed by atoms with E-state index in [9.17, 15) is 9.90 Å². The second-order valence-corrected chi connectivity index (χ2v) is 7.11. The van der Waals surface area contributed by atoms with Crippen molar-refractivity contribution in [3.63, 3.8) is 0 Å². The number of nitrogens with zero attached hydrogens (tertiary/aromatic N) is 1. The number of aromatic hydroxyl groups is 1. The summed E-state index contributed by atoms with van der Waals surface area (Å²) in [5.74, 6) is -0.735. The molecule has 0 amide bonds. The highest BCUT2D eigenvalue weighted by molar-refractivity contribution is 6.02. The van der Waals surface area contributed by atoms with Crippen molar-refractivity contribution < 1.29 is 19.8 Å². The second-order valence-electron chi connectivity index (χ2n) is 7.11. The Kier molecular flexibility index (Phi) is 12.0. The van der Waals surface area contributed by atoms with Gasteiger partial charge in [0.1, 0.15) is 12.4 Å². The molecule has 0 saturated heterocycles. The number of aryl methyl sites for hydroxylation is 1. The molecule has 0 aromatic heterocycles. The molecule has 0 bridgehead atoms. The zero-order valence-electron chi connectivity index (χ0n) is 16.9. The van der Waals surface area contributed by atoms with E-state index in [4.69, 9.17) is 9.94 Å². The van der Waals surface area contributed by atoms with Crippen molar-refractivity contribution in [1.82, 2.24) is 0 Å². The van der Waals surface area contributed by atoms with E-state index >= 15 is 0 Å². The lowest BCUT2D eigenvalue weighted by Gasteiger charge is -2.10. The summed E-state index contributed by atoms with van der Waals surface area (Å²) in [6.45, 7) is 4.23. The molecule has 0 radical (unpaired) electrons. The average molecular weight is 378 g/mol. The van der Waals surface area contributed by atoms with Crippen molar-refractivity contribution in [3.8, 4) is 5.75 Å². The molecule has 0 aliphatic rings. The van der Waals surface area contributed by atoms with Crippen LogP contribution in [0.25, 0.3) is 0 Å². The first kappa shape index (κ1) is 23.0. The highest BCUT2D eigenvalue weighted by atomic mass is 16.6. The first-order chi connectivity index (χ1) is 13.0. The van der Waals surface area contributed by atoms with Crippen LogP contribution in [0.3, 0.4) is 0 Å². The normalized spacial score (nSPS) is 11.6. The van der Waals surface area contributed by atoms with Gasteiger partial charge in [-0.05, 0) is 31.9 Å². The van der Waals surface area contributed by atoms with Crippen molar-refractivity contribution in [1.29, 1.82) is 0 Å². The fraction of sp³-hybridized carbons (Fsp3) is 0.636. The van der Waals surface area contributed by atoms with E-state index in [1.54, 1.807) is 6.07 Å². The van der Waals surface area contributed by atoms with Gasteiger partial charge in [-0.25, -0.2) is 0 Å². The predicted octanol–water partition coefficient (Wildman–Crippen LogP) is 5.82. The lowest BCUT2D eigenvalue weighted by Crippen LogP contribution is -2.06. The summed E-state index contributed by atoms with van der Waals surface area (Å²) in [4.78, 5) is 15.8. The molecule has 0 aliphatic carbocycles. The van der Waals surface area contributed by atoms with Crippen molar-refractivity contribution >= 4 is 11.7 Å². The zero-order chi connectivity index (χ0) is 19.9. The van der Waals surface area contributed by atoms with E-state index in [-0.39, 0.29) is 18.8 Å². The van der Waals surface area contributed by atoms with Crippen LogP contribution >= 0.6 is 0 Å². The van der Waals surface area contributed by atoms with Gasteiger partial charge in [0.15, 0.2) is 0 Å². The molecule has 152 valence electrons. The first-order valence-electron chi connectivity index (χ1n) is 10.2. The third-order valence-electron chi connectivity index (χ3n) is 4.56. The number of rotatable bonds is 15. The molecule has 0 saturated carbocycles. The molecule has 5 heteroatoms. The maximum Gasteiger partial charge on any atom is 0.306 e. The number of carboxylic acid groups (broad SMARTS) is 1. The summed E-state index contributed by atoms with van der Waals surface area (Å²) >= 11 is 0. The molecule has 0 aliphatic heterocycles. The Hall–Kier alpha value is -2.04. The molecule has 0 heterocycles. The summed E-state index contributed by atoms with van der Waals surface area (Å²) < 4.78 is 0. The SMILES string of the molecule is CCCCCCCCCCC/C(=N\OCCC(=O)O)c1cc(C)ccc1O. The van der Waals surface area contributed by atoms with E-state index in [0.717, 1.165) is 18.4 Å². The molecule has 5 nitrogen and oxygen atoms in total. The minimum atomic E-state index is -0.913. The molecular weight excluding hydrogens is 342 g/mol. The Labute approximate surface area is 163 Å². The number of carboxylic acids is 1. The van der Waals surface area contributed by atoms with Crippen LogP contribution in [0.15, 0.2) is 23.4 Å². The summed E-state index contributed by atoms with van der Waals surface area (Å²) in [6.07, 6.45) is 11.8. The number of carbonyl (C=O) groups is 1. The summed E-state index contributed by atoms with van der Waals surface area (Å²) in [6, 6.07) is 5.40. The minimum absolute atomic E-state index is 0.0309. The highest BCUT2D eigenvalue weighted by Crippen LogP contribution is 2.22. The standard InChI is InChI=1S/C22H35NO4/c1-3-4-5-6-7-8-9-10-11-12-20(23-27-16-15-22(25)26)19-17-18(2)13-14-21(19)24/h13-14,17,24H,3-12,15-16H2,1-2H3,(H,25,26)/b23-20+. The van der Waals surface area contributed by atoms with Gasteiger partial charge in [0.2, 0.25) is 0 Å². The number of benzene rings is 1. The van der Waals surface area contributed by atoms with Gasteiger partial charge < -0.3 is 15.1 Å². The maximum absolute atomic E-state index is 10.6. The molecular formula is C22H35NO4. The first-order valence-corrected chi connectivity index (χ1v) is 10.2. The smallest absolute Gasteiger partial charge is 0.306 e. The highest BCUT2D eigenvalue weighted by Gasteiger charge is 2.11. The number of unbranched alkanes of at least 4 members (excludes halogenated alkanes) is 8. The van der Waals surface area contributed by atoms with E-state index in [1.165, 1.54) is 44.9 Å².